The standard InChI is InChI=1S/C17H17N3O2/c1-19(12-13-7-9-18-10-8-13)15-11-16(21)20(17(15)22)14-5-3-2-4-6-14/h2-10,15H,11-12H2,1H3/p+1/t15-/m1/s1. The number of imide groups is 1. The first-order chi connectivity index (χ1) is 10.7. The van der Waals surface area contributed by atoms with E-state index < -0.39 is 0 Å². The highest BCUT2D eigenvalue weighted by Crippen LogP contribution is 2.21. The molecular weight excluding hydrogens is 278 g/mol. The number of amides is 2. The predicted octanol–water partition coefficient (Wildman–Crippen LogP) is 0.428. The highest BCUT2D eigenvalue weighted by molar-refractivity contribution is 6.21. The van der Waals surface area contributed by atoms with Gasteiger partial charge in [-0.3, -0.25) is 14.6 Å². The molecule has 1 aliphatic heterocycles. The van der Waals surface area contributed by atoms with Crippen molar-refractivity contribution in [3.05, 3.63) is 60.4 Å². The van der Waals surface area contributed by atoms with E-state index in [9.17, 15) is 9.59 Å². The Morgan fingerprint density at radius 1 is 1.14 bits per heavy atom. The number of carbonyl (C=O) groups excluding carboxylic acids is 2. The number of anilines is 1. The normalized spacial score (nSPS) is 19.5. The minimum atomic E-state index is -0.333. The second-order valence-electron chi connectivity index (χ2n) is 5.54. The van der Waals surface area contributed by atoms with E-state index in [1.54, 1.807) is 24.5 Å². The number of aromatic nitrogens is 1. The number of pyridine rings is 1. The fraction of sp³-hybridized carbons (Fsp3) is 0.235. The lowest BCUT2D eigenvalue weighted by Gasteiger charge is -2.20. The SMILES string of the molecule is C[NH+](Cc1ccncc1)[C@@H]1CC(=O)N(c2ccccc2)C1=O. The molecular formula is C17H18N3O2+. The van der Waals surface area contributed by atoms with Crippen LogP contribution in [-0.4, -0.2) is 29.9 Å². The maximum Gasteiger partial charge on any atom is 0.292 e. The first-order valence-corrected chi connectivity index (χ1v) is 7.30. The third-order valence-electron chi connectivity index (χ3n) is 3.99. The van der Waals surface area contributed by atoms with Crippen LogP contribution in [0.25, 0.3) is 0 Å². The summed E-state index contributed by atoms with van der Waals surface area (Å²) in [6, 6.07) is 12.6. The Bertz CT molecular complexity index is 673. The van der Waals surface area contributed by atoms with Crippen LogP contribution in [0.1, 0.15) is 12.0 Å². The fourth-order valence-corrected chi connectivity index (χ4v) is 2.81. The molecule has 1 unspecified atom stereocenters. The van der Waals surface area contributed by atoms with Gasteiger partial charge in [-0.1, -0.05) is 18.2 Å². The van der Waals surface area contributed by atoms with Crippen molar-refractivity contribution in [1.82, 2.24) is 4.98 Å². The quantitative estimate of drug-likeness (QED) is 0.833. The Hall–Kier alpha value is -2.53. The molecule has 22 heavy (non-hydrogen) atoms. The van der Waals surface area contributed by atoms with Crippen LogP contribution >= 0.6 is 0 Å². The summed E-state index contributed by atoms with van der Waals surface area (Å²) in [5.74, 6) is -0.252. The van der Waals surface area contributed by atoms with E-state index in [1.807, 2.05) is 37.4 Å². The number of carbonyl (C=O) groups is 2. The second kappa shape index (κ2) is 6.07. The number of hydrogen-bond acceptors (Lipinski definition) is 3. The zero-order chi connectivity index (χ0) is 15.5. The van der Waals surface area contributed by atoms with Gasteiger partial charge in [-0.2, -0.15) is 0 Å². The van der Waals surface area contributed by atoms with Crippen molar-refractivity contribution < 1.29 is 14.5 Å². The molecule has 3 rings (SSSR count). The lowest BCUT2D eigenvalue weighted by molar-refractivity contribution is -0.908. The van der Waals surface area contributed by atoms with Gasteiger partial charge in [-0.15, -0.1) is 0 Å². The monoisotopic (exact) mass is 296 g/mol. The molecule has 1 aromatic carbocycles. The van der Waals surface area contributed by atoms with Crippen LogP contribution in [0.15, 0.2) is 54.9 Å². The van der Waals surface area contributed by atoms with E-state index in [0.717, 1.165) is 10.5 Å². The summed E-state index contributed by atoms with van der Waals surface area (Å²) in [5.41, 5.74) is 1.75. The Kier molecular flexibility index (Phi) is 3.98. The molecule has 2 amide bonds. The van der Waals surface area contributed by atoms with E-state index in [1.165, 1.54) is 4.90 Å². The summed E-state index contributed by atoms with van der Waals surface area (Å²) in [4.78, 5) is 31.2. The summed E-state index contributed by atoms with van der Waals surface area (Å²) >= 11 is 0. The zero-order valence-corrected chi connectivity index (χ0v) is 12.4. The molecule has 1 fully saturated rings. The molecule has 0 bridgehead atoms. The molecule has 0 radical (unpaired) electrons. The molecule has 1 aromatic heterocycles. The third kappa shape index (κ3) is 2.76. The number of rotatable bonds is 4. The van der Waals surface area contributed by atoms with Crippen LogP contribution in [0.2, 0.25) is 0 Å². The van der Waals surface area contributed by atoms with Crippen LogP contribution in [0.4, 0.5) is 5.69 Å². The first-order valence-electron chi connectivity index (χ1n) is 7.30. The summed E-state index contributed by atoms with van der Waals surface area (Å²) in [6.07, 6.45) is 3.73. The molecule has 0 spiro atoms. The minimum absolute atomic E-state index is 0.122. The average Bonchev–Trinajstić information content (AvgIpc) is 2.84. The number of benzene rings is 1. The number of likely N-dealkylation sites (N-methyl/N-ethyl adjacent to an activating group) is 1. The molecule has 5 nitrogen and oxygen atoms in total. The van der Waals surface area contributed by atoms with Gasteiger partial charge in [0.05, 0.1) is 19.2 Å². The van der Waals surface area contributed by atoms with Gasteiger partial charge in [0.2, 0.25) is 5.91 Å². The zero-order valence-electron chi connectivity index (χ0n) is 12.4. The van der Waals surface area contributed by atoms with E-state index in [4.69, 9.17) is 0 Å². The largest absolute Gasteiger partial charge is 0.323 e. The Labute approximate surface area is 129 Å². The van der Waals surface area contributed by atoms with Crippen LogP contribution in [0.5, 0.6) is 0 Å². The fourth-order valence-electron chi connectivity index (χ4n) is 2.81. The molecule has 112 valence electrons. The van der Waals surface area contributed by atoms with Crippen LogP contribution in [0, 0.1) is 0 Å². The van der Waals surface area contributed by atoms with Crippen molar-refractivity contribution in [2.24, 2.45) is 0 Å². The smallest absolute Gasteiger partial charge is 0.292 e. The van der Waals surface area contributed by atoms with Crippen molar-refractivity contribution in [3.8, 4) is 0 Å². The Balaban J connectivity index is 1.76. The van der Waals surface area contributed by atoms with Crippen molar-refractivity contribution in [3.63, 3.8) is 0 Å². The Morgan fingerprint density at radius 3 is 2.50 bits per heavy atom. The maximum atomic E-state index is 12.6. The van der Waals surface area contributed by atoms with Gasteiger partial charge in [0.15, 0.2) is 6.04 Å². The number of para-hydroxylation sites is 1. The average molecular weight is 296 g/mol. The van der Waals surface area contributed by atoms with E-state index in [0.29, 0.717) is 12.2 Å². The number of nitrogens with zero attached hydrogens (tertiary/aromatic N) is 2. The van der Waals surface area contributed by atoms with Gasteiger partial charge in [0.25, 0.3) is 5.91 Å². The number of nitrogens with one attached hydrogen (secondary N) is 1. The highest BCUT2D eigenvalue weighted by Gasteiger charge is 2.44. The van der Waals surface area contributed by atoms with E-state index in [2.05, 4.69) is 4.98 Å². The summed E-state index contributed by atoms with van der Waals surface area (Å²) < 4.78 is 0. The lowest BCUT2D eigenvalue weighted by Crippen LogP contribution is -3.12. The van der Waals surface area contributed by atoms with Crippen molar-refractivity contribution in [2.75, 3.05) is 11.9 Å². The molecule has 0 aliphatic carbocycles. The highest BCUT2D eigenvalue weighted by atomic mass is 16.2. The molecule has 2 atom stereocenters. The van der Waals surface area contributed by atoms with Crippen LogP contribution in [-0.2, 0) is 16.1 Å². The van der Waals surface area contributed by atoms with Gasteiger partial charge in [-0.05, 0) is 24.3 Å². The van der Waals surface area contributed by atoms with Crippen molar-refractivity contribution in [2.45, 2.75) is 19.0 Å². The molecule has 1 N–H and O–H groups in total. The van der Waals surface area contributed by atoms with Crippen LogP contribution in [0.3, 0.4) is 0 Å². The molecule has 2 heterocycles. The van der Waals surface area contributed by atoms with E-state index >= 15 is 0 Å². The Morgan fingerprint density at radius 2 is 1.82 bits per heavy atom. The molecule has 2 aromatic rings. The summed E-state index contributed by atoms with van der Waals surface area (Å²) in [7, 11) is 1.95. The summed E-state index contributed by atoms with van der Waals surface area (Å²) in [6.45, 7) is 0.689. The first kappa shape index (κ1) is 14.4. The molecule has 1 aliphatic rings. The topological polar surface area (TPSA) is 54.7 Å². The van der Waals surface area contributed by atoms with Crippen LogP contribution < -0.4 is 9.80 Å². The van der Waals surface area contributed by atoms with Gasteiger partial charge in [0.1, 0.15) is 6.54 Å². The number of quaternary nitrogens is 1. The lowest BCUT2D eigenvalue weighted by atomic mass is 10.2. The molecule has 1 saturated heterocycles. The summed E-state index contributed by atoms with van der Waals surface area (Å²) in [5, 5.41) is 0. The predicted molar refractivity (Wildman–Crippen MR) is 82.2 cm³/mol. The molecule has 5 heteroatoms. The molecule has 0 saturated carbocycles. The minimum Gasteiger partial charge on any atom is -0.323 e. The third-order valence-corrected chi connectivity index (χ3v) is 3.99. The van der Waals surface area contributed by atoms with Crippen molar-refractivity contribution >= 4 is 17.5 Å². The van der Waals surface area contributed by atoms with Gasteiger partial charge < -0.3 is 4.90 Å². The van der Waals surface area contributed by atoms with Gasteiger partial charge >= 0.3 is 0 Å². The van der Waals surface area contributed by atoms with E-state index in [-0.39, 0.29) is 24.3 Å². The van der Waals surface area contributed by atoms with Crippen molar-refractivity contribution in [1.29, 1.82) is 0 Å². The van der Waals surface area contributed by atoms with Gasteiger partial charge in [0, 0.05) is 18.0 Å². The maximum absolute atomic E-state index is 12.6. The van der Waals surface area contributed by atoms with Gasteiger partial charge in [-0.25, -0.2) is 4.90 Å². The number of hydrogen-bond donors (Lipinski definition) is 1. The second-order valence-corrected chi connectivity index (χ2v) is 5.54.